The third-order valence-electron chi connectivity index (χ3n) is 2.89. The van der Waals surface area contributed by atoms with E-state index < -0.39 is 10.0 Å². The average Bonchev–Trinajstić information content (AvgIpc) is 2.92. The van der Waals surface area contributed by atoms with Crippen molar-refractivity contribution in [2.24, 2.45) is 0 Å². The summed E-state index contributed by atoms with van der Waals surface area (Å²) in [5.41, 5.74) is 0.797. The molecule has 3 rings (SSSR count). The van der Waals surface area contributed by atoms with Crippen LogP contribution in [0.4, 0.5) is 0 Å². The Hall–Kier alpha value is -1.28. The second-order valence-electron chi connectivity index (χ2n) is 4.36. The summed E-state index contributed by atoms with van der Waals surface area (Å²) >= 11 is 6.78. The molecule has 2 heterocycles. The first-order valence-corrected chi connectivity index (χ1v) is 8.86. The van der Waals surface area contributed by atoms with Gasteiger partial charge in [0.2, 0.25) is 10.0 Å². The van der Waals surface area contributed by atoms with Gasteiger partial charge in [-0.05, 0) is 29.8 Å². The van der Waals surface area contributed by atoms with Gasteiger partial charge in [0.15, 0.2) is 11.5 Å². The van der Waals surface area contributed by atoms with Crippen molar-refractivity contribution in [1.82, 2.24) is 4.72 Å². The fourth-order valence-electron chi connectivity index (χ4n) is 1.89. The topological polar surface area (TPSA) is 64.6 Å². The number of halogens is 1. The lowest BCUT2D eigenvalue weighted by Gasteiger charge is -2.18. The van der Waals surface area contributed by atoms with Gasteiger partial charge in [-0.2, -0.15) is 0 Å². The highest BCUT2D eigenvalue weighted by molar-refractivity contribution is 7.91. The van der Waals surface area contributed by atoms with Crippen LogP contribution in [0, 0.1) is 0 Å². The predicted octanol–water partition coefficient (Wildman–Crippen LogP) is 2.65. The van der Waals surface area contributed by atoms with E-state index in [2.05, 4.69) is 4.72 Å². The quantitative estimate of drug-likeness (QED) is 0.925. The minimum atomic E-state index is -3.55. The first-order valence-electron chi connectivity index (χ1n) is 6.18. The van der Waals surface area contributed by atoms with Gasteiger partial charge in [-0.1, -0.05) is 17.7 Å². The van der Waals surface area contributed by atoms with Crippen LogP contribution in [0.2, 0.25) is 4.34 Å². The van der Waals surface area contributed by atoms with E-state index in [1.54, 1.807) is 24.3 Å². The summed E-state index contributed by atoms with van der Waals surface area (Å²) in [6.45, 7) is 1.20. The van der Waals surface area contributed by atoms with Crippen molar-refractivity contribution >= 4 is 33.0 Å². The molecule has 112 valence electrons. The molecular weight excluding hydrogens is 334 g/mol. The zero-order chi connectivity index (χ0) is 14.9. The van der Waals surface area contributed by atoms with Crippen molar-refractivity contribution in [2.75, 3.05) is 13.2 Å². The molecule has 0 amide bonds. The molecule has 0 saturated heterocycles. The largest absolute Gasteiger partial charge is 0.486 e. The van der Waals surface area contributed by atoms with Gasteiger partial charge in [0.05, 0.1) is 4.34 Å². The lowest BCUT2D eigenvalue weighted by Crippen LogP contribution is -2.22. The van der Waals surface area contributed by atoms with Gasteiger partial charge in [0.1, 0.15) is 17.4 Å². The summed E-state index contributed by atoms with van der Waals surface area (Å²) in [7, 11) is -3.55. The summed E-state index contributed by atoms with van der Waals surface area (Å²) in [5, 5.41) is 0. The molecule has 0 spiro atoms. The third kappa shape index (κ3) is 3.32. The molecule has 21 heavy (non-hydrogen) atoms. The molecule has 0 unspecified atom stereocenters. The van der Waals surface area contributed by atoms with Crippen molar-refractivity contribution < 1.29 is 17.9 Å². The van der Waals surface area contributed by atoms with Crippen LogP contribution in [0.15, 0.2) is 34.5 Å². The molecule has 0 bridgehead atoms. The van der Waals surface area contributed by atoms with Gasteiger partial charge in [0.25, 0.3) is 0 Å². The van der Waals surface area contributed by atoms with Crippen LogP contribution in [-0.4, -0.2) is 21.6 Å². The molecule has 0 radical (unpaired) electrons. The second-order valence-corrected chi connectivity index (χ2v) is 8.07. The molecule has 0 saturated carbocycles. The molecular formula is C13H12ClNO4S2. The highest BCUT2D eigenvalue weighted by atomic mass is 35.5. The number of ether oxygens (including phenoxy) is 2. The van der Waals surface area contributed by atoms with Crippen LogP contribution in [-0.2, 0) is 16.6 Å². The minimum absolute atomic E-state index is 0.175. The predicted molar refractivity (Wildman–Crippen MR) is 80.8 cm³/mol. The number of rotatable bonds is 4. The Balaban J connectivity index is 1.73. The van der Waals surface area contributed by atoms with E-state index in [4.69, 9.17) is 21.1 Å². The maximum atomic E-state index is 12.1. The minimum Gasteiger partial charge on any atom is -0.486 e. The number of benzene rings is 1. The van der Waals surface area contributed by atoms with Crippen molar-refractivity contribution in [3.63, 3.8) is 0 Å². The lowest BCUT2D eigenvalue weighted by atomic mass is 10.2. The van der Waals surface area contributed by atoms with Crippen LogP contribution < -0.4 is 14.2 Å². The molecule has 1 aromatic carbocycles. The number of sulfonamides is 1. The van der Waals surface area contributed by atoms with E-state index in [-0.39, 0.29) is 10.8 Å². The van der Waals surface area contributed by atoms with Crippen LogP contribution >= 0.6 is 22.9 Å². The first kappa shape index (κ1) is 14.6. The number of fused-ring (bicyclic) bond motifs is 1. The molecule has 1 aromatic heterocycles. The van der Waals surface area contributed by atoms with Gasteiger partial charge in [-0.3, -0.25) is 0 Å². The van der Waals surface area contributed by atoms with Gasteiger partial charge >= 0.3 is 0 Å². The number of hydrogen-bond donors (Lipinski definition) is 1. The van der Waals surface area contributed by atoms with E-state index in [1.165, 1.54) is 6.07 Å². The SMILES string of the molecule is O=S(=O)(NCc1ccc2c(c1)OCCO2)c1ccc(Cl)s1. The summed E-state index contributed by atoms with van der Waals surface area (Å²) in [5.74, 6) is 1.31. The number of hydrogen-bond acceptors (Lipinski definition) is 5. The Morgan fingerprint density at radius 2 is 1.90 bits per heavy atom. The fraction of sp³-hybridized carbons (Fsp3) is 0.231. The Kier molecular flexibility index (Phi) is 4.08. The zero-order valence-electron chi connectivity index (χ0n) is 10.8. The highest BCUT2D eigenvalue weighted by Crippen LogP contribution is 2.31. The summed E-state index contributed by atoms with van der Waals surface area (Å²) in [6.07, 6.45) is 0. The van der Waals surface area contributed by atoms with Gasteiger partial charge in [-0.25, -0.2) is 13.1 Å². The van der Waals surface area contributed by atoms with Crippen LogP contribution in [0.3, 0.4) is 0 Å². The standard InChI is InChI=1S/C13H12ClNO4S2/c14-12-3-4-13(20-12)21(16,17)15-8-9-1-2-10-11(7-9)19-6-5-18-10/h1-4,7,15H,5-6,8H2. The molecule has 0 atom stereocenters. The summed E-state index contributed by atoms with van der Waals surface area (Å²) in [6, 6.07) is 8.40. The molecule has 0 fully saturated rings. The van der Waals surface area contributed by atoms with Crippen LogP contribution in [0.1, 0.15) is 5.56 Å². The van der Waals surface area contributed by atoms with E-state index in [0.29, 0.717) is 29.0 Å². The van der Waals surface area contributed by atoms with Crippen molar-refractivity contribution in [3.05, 3.63) is 40.2 Å². The molecule has 2 aromatic rings. The molecule has 5 nitrogen and oxygen atoms in total. The second kappa shape index (κ2) is 5.84. The Bertz CT molecular complexity index is 757. The van der Waals surface area contributed by atoms with E-state index in [0.717, 1.165) is 16.9 Å². The molecule has 0 aliphatic carbocycles. The highest BCUT2D eigenvalue weighted by Gasteiger charge is 2.17. The first-order chi connectivity index (χ1) is 10.0. The molecule has 1 N–H and O–H groups in total. The Morgan fingerprint density at radius 3 is 2.62 bits per heavy atom. The van der Waals surface area contributed by atoms with Gasteiger partial charge in [-0.15, -0.1) is 11.3 Å². The summed E-state index contributed by atoms with van der Waals surface area (Å²) < 4.78 is 38.2. The normalized spacial score (nSPS) is 14.1. The smallest absolute Gasteiger partial charge is 0.250 e. The van der Waals surface area contributed by atoms with Crippen molar-refractivity contribution in [1.29, 1.82) is 0 Å². The van der Waals surface area contributed by atoms with Crippen LogP contribution in [0.5, 0.6) is 11.5 Å². The Morgan fingerprint density at radius 1 is 1.14 bits per heavy atom. The maximum absolute atomic E-state index is 12.1. The summed E-state index contributed by atoms with van der Waals surface area (Å²) in [4.78, 5) is 0. The third-order valence-corrected chi connectivity index (χ3v) is 6.01. The van der Waals surface area contributed by atoms with Crippen molar-refractivity contribution in [2.45, 2.75) is 10.8 Å². The average molecular weight is 346 g/mol. The number of thiophene rings is 1. The van der Waals surface area contributed by atoms with E-state index in [1.807, 2.05) is 0 Å². The lowest BCUT2D eigenvalue weighted by molar-refractivity contribution is 0.171. The van der Waals surface area contributed by atoms with Crippen LogP contribution in [0.25, 0.3) is 0 Å². The maximum Gasteiger partial charge on any atom is 0.250 e. The Labute approximate surface area is 131 Å². The number of nitrogens with one attached hydrogen (secondary N) is 1. The fourth-order valence-corrected chi connectivity index (χ4v) is 4.43. The molecule has 1 aliphatic heterocycles. The molecule has 8 heteroatoms. The molecule has 1 aliphatic rings. The van der Waals surface area contributed by atoms with E-state index in [9.17, 15) is 8.42 Å². The van der Waals surface area contributed by atoms with Gasteiger partial charge in [0, 0.05) is 6.54 Å². The van der Waals surface area contributed by atoms with Crippen molar-refractivity contribution in [3.8, 4) is 11.5 Å². The van der Waals surface area contributed by atoms with Gasteiger partial charge < -0.3 is 9.47 Å². The monoisotopic (exact) mass is 345 g/mol. The van der Waals surface area contributed by atoms with E-state index >= 15 is 0 Å². The zero-order valence-corrected chi connectivity index (χ0v) is 13.2.